The maximum absolute atomic E-state index is 5.68. The van der Waals surface area contributed by atoms with Gasteiger partial charge in [-0.2, -0.15) is 0 Å². The first kappa shape index (κ1) is 10.2. The summed E-state index contributed by atoms with van der Waals surface area (Å²) in [4.78, 5) is 4.38. The number of pyridine rings is 1. The molecule has 5 heteroatoms. The minimum absolute atomic E-state index is 0.392. The van der Waals surface area contributed by atoms with E-state index >= 15 is 0 Å². The molecule has 0 saturated heterocycles. The first-order valence-corrected chi connectivity index (χ1v) is 4.40. The summed E-state index contributed by atoms with van der Waals surface area (Å²) in [6, 6.07) is 3.48. The van der Waals surface area contributed by atoms with E-state index in [1.807, 2.05) is 0 Å². The number of nitrogens with two attached hydrogens (primary N) is 1. The van der Waals surface area contributed by atoms with Crippen molar-refractivity contribution in [3.8, 4) is 5.88 Å². The Morgan fingerprint density at radius 1 is 1.69 bits per heavy atom. The molecule has 0 aromatic carbocycles. The normalized spacial score (nSPS) is 9.69. The van der Waals surface area contributed by atoms with Crippen LogP contribution in [0.1, 0.15) is 5.56 Å². The molecule has 0 radical (unpaired) electrons. The summed E-state index contributed by atoms with van der Waals surface area (Å²) in [5.41, 5.74) is 6.25. The Balaban J connectivity index is 2.99. The van der Waals surface area contributed by atoms with Crippen LogP contribution in [0, 0.1) is 0 Å². The fraction of sp³-hybridized carbons (Fsp3) is 0.250. The molecule has 0 atom stereocenters. The lowest BCUT2D eigenvalue weighted by molar-refractivity contribution is 0.394. The molecule has 0 amide bonds. The Morgan fingerprint density at radius 2 is 2.38 bits per heavy atom. The average Bonchev–Trinajstić information content (AvgIpc) is 2.07. The van der Waals surface area contributed by atoms with Crippen LogP contribution in [0.4, 0.5) is 0 Å². The van der Waals surface area contributed by atoms with Crippen LogP contribution in [0.3, 0.4) is 0 Å². The molecule has 0 bridgehead atoms. The Morgan fingerprint density at radius 3 is 2.92 bits per heavy atom. The molecule has 70 valence electrons. The quantitative estimate of drug-likeness (QED) is 0.616. The molecule has 2 N–H and O–H groups in total. The third-order valence-electron chi connectivity index (χ3n) is 1.46. The number of nitrogens with zero attached hydrogens (tertiary/aromatic N) is 1. The molecule has 3 nitrogen and oxygen atoms in total. The van der Waals surface area contributed by atoms with Crippen LogP contribution in [-0.4, -0.2) is 17.1 Å². The smallest absolute Gasteiger partial charge is 0.218 e. The van der Waals surface area contributed by atoms with Crippen LogP contribution < -0.4 is 10.5 Å². The Bertz CT molecular complexity index is 330. The highest BCUT2D eigenvalue weighted by molar-refractivity contribution is 7.80. The number of methoxy groups -OCH3 is 1. The molecular formula is C8H9ClN2OS. The van der Waals surface area contributed by atoms with Crippen LogP contribution in [0.15, 0.2) is 12.1 Å². The third-order valence-corrected chi connectivity index (χ3v) is 1.82. The van der Waals surface area contributed by atoms with Crippen molar-refractivity contribution in [3.63, 3.8) is 0 Å². The summed E-state index contributed by atoms with van der Waals surface area (Å²) in [5, 5.41) is 0.392. The highest BCUT2D eigenvalue weighted by atomic mass is 35.5. The van der Waals surface area contributed by atoms with Gasteiger partial charge in [-0.3, -0.25) is 0 Å². The topological polar surface area (TPSA) is 48.1 Å². The van der Waals surface area contributed by atoms with Crippen LogP contribution in [0.2, 0.25) is 5.15 Å². The molecule has 0 aliphatic rings. The van der Waals surface area contributed by atoms with Crippen LogP contribution in [0.5, 0.6) is 5.88 Å². The van der Waals surface area contributed by atoms with Gasteiger partial charge in [0.2, 0.25) is 5.88 Å². The lowest BCUT2D eigenvalue weighted by Crippen LogP contribution is -2.12. The van der Waals surface area contributed by atoms with E-state index < -0.39 is 0 Å². The van der Waals surface area contributed by atoms with Gasteiger partial charge in [-0.05, 0) is 6.07 Å². The standard InChI is InChI=1S/C8H9ClN2OS/c1-12-8-5(4-7(10)13)2-3-6(9)11-8/h2-3H,4H2,1H3,(H2,10,13). The maximum atomic E-state index is 5.68. The summed E-state index contributed by atoms with van der Waals surface area (Å²) < 4.78 is 5.02. The van der Waals surface area contributed by atoms with Crippen LogP contribution in [-0.2, 0) is 6.42 Å². The number of ether oxygens (including phenoxy) is 1. The SMILES string of the molecule is COc1nc(Cl)ccc1CC(N)=S. The first-order chi connectivity index (χ1) is 6.13. The minimum Gasteiger partial charge on any atom is -0.481 e. The zero-order valence-electron chi connectivity index (χ0n) is 7.08. The van der Waals surface area contributed by atoms with E-state index in [2.05, 4.69) is 4.98 Å². The van der Waals surface area contributed by atoms with Crippen LogP contribution >= 0.6 is 23.8 Å². The number of rotatable bonds is 3. The van der Waals surface area contributed by atoms with Gasteiger partial charge in [-0.25, -0.2) is 4.98 Å². The van der Waals surface area contributed by atoms with Gasteiger partial charge < -0.3 is 10.5 Å². The molecule has 1 rings (SSSR count). The molecular weight excluding hydrogens is 208 g/mol. The van der Waals surface area contributed by atoms with Gasteiger partial charge >= 0.3 is 0 Å². The van der Waals surface area contributed by atoms with Gasteiger partial charge in [0.1, 0.15) is 5.15 Å². The number of aromatic nitrogens is 1. The summed E-state index contributed by atoms with van der Waals surface area (Å²) in [5.74, 6) is 0.473. The lowest BCUT2D eigenvalue weighted by Gasteiger charge is -2.05. The lowest BCUT2D eigenvalue weighted by atomic mass is 10.2. The van der Waals surface area contributed by atoms with Crippen molar-refractivity contribution in [2.24, 2.45) is 5.73 Å². The van der Waals surface area contributed by atoms with Crippen molar-refractivity contribution in [1.29, 1.82) is 0 Å². The van der Waals surface area contributed by atoms with Gasteiger partial charge in [-0.1, -0.05) is 29.9 Å². The van der Waals surface area contributed by atoms with E-state index in [4.69, 9.17) is 34.3 Å². The molecule has 0 unspecified atom stereocenters. The van der Waals surface area contributed by atoms with Gasteiger partial charge in [0.15, 0.2) is 0 Å². The van der Waals surface area contributed by atoms with Crippen LogP contribution in [0.25, 0.3) is 0 Å². The fourth-order valence-corrected chi connectivity index (χ4v) is 1.24. The molecule has 0 aliphatic carbocycles. The summed E-state index contributed by atoms with van der Waals surface area (Å²) in [6.07, 6.45) is 0.475. The zero-order valence-corrected chi connectivity index (χ0v) is 8.65. The number of hydrogen-bond acceptors (Lipinski definition) is 3. The fourth-order valence-electron chi connectivity index (χ4n) is 0.946. The molecule has 1 heterocycles. The van der Waals surface area contributed by atoms with Crippen molar-refractivity contribution in [3.05, 3.63) is 22.8 Å². The second-order valence-corrected chi connectivity index (χ2v) is 3.36. The number of thiocarbonyl (C=S) groups is 1. The van der Waals surface area contributed by atoms with E-state index in [-0.39, 0.29) is 0 Å². The molecule has 0 fully saturated rings. The van der Waals surface area contributed by atoms with Gasteiger partial charge in [0.25, 0.3) is 0 Å². The zero-order chi connectivity index (χ0) is 9.84. The van der Waals surface area contributed by atoms with Crippen molar-refractivity contribution >= 4 is 28.8 Å². The summed E-state index contributed by atoms with van der Waals surface area (Å²) in [7, 11) is 1.53. The molecule has 0 saturated carbocycles. The minimum atomic E-state index is 0.392. The van der Waals surface area contributed by atoms with E-state index in [1.54, 1.807) is 12.1 Å². The molecule has 1 aromatic heterocycles. The van der Waals surface area contributed by atoms with Crippen molar-refractivity contribution < 1.29 is 4.74 Å². The molecule has 1 aromatic rings. The predicted molar refractivity (Wildman–Crippen MR) is 56.3 cm³/mol. The third kappa shape index (κ3) is 2.82. The van der Waals surface area contributed by atoms with Gasteiger partial charge in [0.05, 0.1) is 12.1 Å². The van der Waals surface area contributed by atoms with Gasteiger partial charge in [-0.15, -0.1) is 0 Å². The molecule has 0 spiro atoms. The van der Waals surface area contributed by atoms with Crippen molar-refractivity contribution in [1.82, 2.24) is 4.98 Å². The average molecular weight is 217 g/mol. The monoisotopic (exact) mass is 216 g/mol. The Hall–Kier alpha value is -0.870. The summed E-state index contributed by atoms with van der Waals surface area (Å²) >= 11 is 10.5. The molecule has 13 heavy (non-hydrogen) atoms. The molecule has 0 aliphatic heterocycles. The highest BCUT2D eigenvalue weighted by Crippen LogP contribution is 2.18. The maximum Gasteiger partial charge on any atom is 0.218 e. The Kier molecular flexibility index (Phi) is 3.45. The first-order valence-electron chi connectivity index (χ1n) is 3.61. The van der Waals surface area contributed by atoms with Gasteiger partial charge in [0, 0.05) is 12.0 Å². The second kappa shape index (κ2) is 4.39. The summed E-state index contributed by atoms with van der Waals surface area (Å²) in [6.45, 7) is 0. The van der Waals surface area contributed by atoms with E-state index in [9.17, 15) is 0 Å². The number of halogens is 1. The van der Waals surface area contributed by atoms with Crippen molar-refractivity contribution in [2.75, 3.05) is 7.11 Å². The van der Waals surface area contributed by atoms with E-state index in [0.717, 1.165) is 5.56 Å². The van der Waals surface area contributed by atoms with Crippen molar-refractivity contribution in [2.45, 2.75) is 6.42 Å². The van der Waals surface area contributed by atoms with E-state index in [0.29, 0.717) is 22.4 Å². The second-order valence-electron chi connectivity index (χ2n) is 2.45. The largest absolute Gasteiger partial charge is 0.481 e. The highest BCUT2D eigenvalue weighted by Gasteiger charge is 2.05. The van der Waals surface area contributed by atoms with E-state index in [1.165, 1.54) is 7.11 Å². The Labute approximate surface area is 86.9 Å². The number of hydrogen-bond donors (Lipinski definition) is 1. The predicted octanol–water partition coefficient (Wildman–Crippen LogP) is 1.57.